The zero-order valence-electron chi connectivity index (χ0n) is 19.0. The normalized spacial score (nSPS) is 22.8. The van der Waals surface area contributed by atoms with Crippen molar-refractivity contribution in [3.63, 3.8) is 0 Å². The minimum Gasteiger partial charge on any atom is -0.317 e. The lowest BCUT2D eigenvalue weighted by Gasteiger charge is -2.36. The number of benzene rings is 1. The summed E-state index contributed by atoms with van der Waals surface area (Å²) in [5, 5.41) is 24.9. The Morgan fingerprint density at radius 1 is 1.12 bits per heavy atom. The van der Waals surface area contributed by atoms with Gasteiger partial charge >= 0.3 is 6.18 Å². The Balaban J connectivity index is 0.000000751. The molecule has 4 rings (SSSR count). The van der Waals surface area contributed by atoms with Crippen molar-refractivity contribution >= 4 is 10.9 Å². The highest BCUT2D eigenvalue weighted by molar-refractivity contribution is 7.69. The summed E-state index contributed by atoms with van der Waals surface area (Å²) in [6.45, 7) is 4.47. The van der Waals surface area contributed by atoms with E-state index in [-0.39, 0.29) is 11.7 Å². The zero-order valence-corrected chi connectivity index (χ0v) is 19.9. The number of aromatic amines is 1. The molecule has 13 heteroatoms. The molecule has 5 N–H and O–H groups in total. The van der Waals surface area contributed by atoms with Gasteiger partial charge < -0.3 is 10.6 Å². The first-order valence-corrected chi connectivity index (χ1v) is 12.7. The molecule has 9 nitrogen and oxygen atoms in total. The van der Waals surface area contributed by atoms with Crippen LogP contribution in [0.25, 0.3) is 11.4 Å². The third-order valence-electron chi connectivity index (χ3n) is 6.74. The zero-order chi connectivity index (χ0) is 24.7. The lowest BCUT2D eigenvalue weighted by molar-refractivity contribution is -0.137. The van der Waals surface area contributed by atoms with Crippen molar-refractivity contribution in [2.24, 2.45) is 11.1 Å². The average molecular weight is 504 g/mol. The van der Waals surface area contributed by atoms with Crippen LogP contribution in [0.5, 0.6) is 0 Å². The van der Waals surface area contributed by atoms with E-state index in [0.29, 0.717) is 23.6 Å². The van der Waals surface area contributed by atoms with Gasteiger partial charge in [0.05, 0.1) is 5.56 Å². The number of piperidine rings is 1. The van der Waals surface area contributed by atoms with Gasteiger partial charge in [0.15, 0.2) is 16.7 Å². The van der Waals surface area contributed by atoms with E-state index < -0.39 is 22.6 Å². The van der Waals surface area contributed by atoms with Gasteiger partial charge in [-0.15, -0.1) is 5.10 Å². The van der Waals surface area contributed by atoms with Gasteiger partial charge in [0.2, 0.25) is 0 Å². The monoisotopic (exact) mass is 503 g/mol. The van der Waals surface area contributed by atoms with Crippen LogP contribution in [-0.2, 0) is 17.1 Å². The number of thiol groups is 1. The fourth-order valence-electron chi connectivity index (χ4n) is 4.99. The van der Waals surface area contributed by atoms with Crippen LogP contribution in [0.2, 0.25) is 0 Å². The summed E-state index contributed by atoms with van der Waals surface area (Å²) in [4.78, 5) is 0. The maximum absolute atomic E-state index is 13.2. The molecule has 0 radical (unpaired) electrons. The first-order valence-electron chi connectivity index (χ1n) is 11.5. The Kier molecular flexibility index (Phi) is 9.39. The van der Waals surface area contributed by atoms with Crippen LogP contribution >= 0.6 is 0 Å². The molecule has 0 spiro atoms. The number of alkyl halides is 3. The van der Waals surface area contributed by atoms with E-state index >= 15 is 0 Å². The SMILES string of the molecule is CC(NC1CCC(c2ccc(C(F)(F)F)cc2-c2nnn[nH]2)CC1)C1CCNCC1.N[SH](=O)=O. The van der Waals surface area contributed by atoms with Gasteiger partial charge in [-0.05, 0) is 98.5 Å². The largest absolute Gasteiger partial charge is 0.416 e. The highest BCUT2D eigenvalue weighted by atomic mass is 32.2. The molecular weight excluding hydrogens is 471 g/mol. The quantitative estimate of drug-likeness (QED) is 0.395. The van der Waals surface area contributed by atoms with Crippen molar-refractivity contribution in [2.75, 3.05) is 13.1 Å². The number of hydrogen-bond acceptors (Lipinski definition) is 7. The van der Waals surface area contributed by atoms with Gasteiger partial charge in [0.1, 0.15) is 0 Å². The van der Waals surface area contributed by atoms with Crippen molar-refractivity contribution in [1.82, 2.24) is 31.3 Å². The Hall–Kier alpha value is -2.09. The van der Waals surface area contributed by atoms with Crippen molar-refractivity contribution < 1.29 is 21.6 Å². The van der Waals surface area contributed by atoms with Gasteiger partial charge in [0.25, 0.3) is 0 Å². The molecule has 0 bridgehead atoms. The maximum atomic E-state index is 13.2. The van der Waals surface area contributed by atoms with E-state index in [4.69, 9.17) is 8.42 Å². The predicted octanol–water partition coefficient (Wildman–Crippen LogP) is 2.36. The van der Waals surface area contributed by atoms with Gasteiger partial charge in [0, 0.05) is 17.6 Å². The Labute approximate surface area is 198 Å². The number of nitrogens with two attached hydrogens (primary N) is 1. The number of tetrazole rings is 1. The number of halogens is 3. The topological polar surface area (TPSA) is 139 Å². The average Bonchev–Trinajstić information content (AvgIpc) is 3.34. The molecular formula is C21H32F3N7O2S. The molecule has 2 aromatic rings. The van der Waals surface area contributed by atoms with Crippen LogP contribution in [0.4, 0.5) is 13.2 Å². The number of hydrogen-bond donors (Lipinski definition) is 5. The van der Waals surface area contributed by atoms with Crippen LogP contribution in [0.1, 0.15) is 62.5 Å². The minimum absolute atomic E-state index is 0.208. The van der Waals surface area contributed by atoms with Crippen LogP contribution in [0.3, 0.4) is 0 Å². The van der Waals surface area contributed by atoms with E-state index in [0.717, 1.165) is 44.3 Å². The summed E-state index contributed by atoms with van der Waals surface area (Å²) in [7, 11) is -2.62. The summed E-state index contributed by atoms with van der Waals surface area (Å²) in [5.41, 5.74) is 0.671. The smallest absolute Gasteiger partial charge is 0.317 e. The third-order valence-corrected chi connectivity index (χ3v) is 6.74. The van der Waals surface area contributed by atoms with Crippen LogP contribution < -0.4 is 15.8 Å². The molecule has 34 heavy (non-hydrogen) atoms. The molecule has 2 heterocycles. The number of nitrogens with one attached hydrogen (secondary N) is 3. The van der Waals surface area contributed by atoms with Gasteiger partial charge in [-0.2, -0.15) is 13.2 Å². The summed E-state index contributed by atoms with van der Waals surface area (Å²) >= 11 is 0. The fraction of sp³-hybridized carbons (Fsp3) is 0.667. The third kappa shape index (κ3) is 7.45. The van der Waals surface area contributed by atoms with E-state index in [1.165, 1.54) is 25.0 Å². The summed E-state index contributed by atoms with van der Waals surface area (Å²) in [5.74, 6) is 1.21. The molecule has 1 aromatic heterocycles. The Bertz CT molecular complexity index is 963. The van der Waals surface area contributed by atoms with Gasteiger partial charge in [-0.1, -0.05) is 6.07 Å². The summed E-state index contributed by atoms with van der Waals surface area (Å²) in [6, 6.07) is 4.91. The molecule has 2 aliphatic rings. The van der Waals surface area contributed by atoms with Gasteiger partial charge in [-0.25, -0.2) is 18.7 Å². The van der Waals surface area contributed by atoms with Crippen LogP contribution in [-0.4, -0.2) is 54.2 Å². The number of H-pyrrole nitrogens is 1. The molecule has 1 aliphatic heterocycles. The molecule has 1 saturated carbocycles. The molecule has 2 fully saturated rings. The molecule has 0 amide bonds. The molecule has 1 saturated heterocycles. The van der Waals surface area contributed by atoms with Crippen molar-refractivity contribution in [2.45, 2.75) is 69.6 Å². The number of rotatable bonds is 5. The number of aromatic nitrogens is 4. The van der Waals surface area contributed by atoms with Crippen molar-refractivity contribution in [3.8, 4) is 11.4 Å². The summed E-state index contributed by atoms with van der Waals surface area (Å²) in [6.07, 6.45) is 1.96. The first-order chi connectivity index (χ1) is 16.1. The Morgan fingerprint density at radius 3 is 2.32 bits per heavy atom. The number of nitrogens with zero attached hydrogens (tertiary/aromatic N) is 3. The van der Waals surface area contributed by atoms with Gasteiger partial charge in [-0.3, -0.25) is 0 Å². The minimum atomic E-state index is -4.40. The molecule has 190 valence electrons. The van der Waals surface area contributed by atoms with E-state index in [9.17, 15) is 13.2 Å². The van der Waals surface area contributed by atoms with E-state index in [2.05, 4.69) is 43.3 Å². The second kappa shape index (κ2) is 12.0. The molecule has 1 atom stereocenters. The van der Waals surface area contributed by atoms with E-state index in [1.807, 2.05) is 0 Å². The molecule has 1 aliphatic carbocycles. The highest BCUT2D eigenvalue weighted by Crippen LogP contribution is 2.40. The van der Waals surface area contributed by atoms with Crippen LogP contribution in [0.15, 0.2) is 18.2 Å². The Morgan fingerprint density at radius 2 is 1.76 bits per heavy atom. The van der Waals surface area contributed by atoms with Crippen molar-refractivity contribution in [1.29, 1.82) is 0 Å². The maximum Gasteiger partial charge on any atom is 0.416 e. The lowest BCUT2D eigenvalue weighted by Crippen LogP contribution is -2.45. The highest BCUT2D eigenvalue weighted by Gasteiger charge is 2.33. The second-order valence-corrected chi connectivity index (χ2v) is 9.50. The molecule has 1 aromatic carbocycles. The predicted molar refractivity (Wildman–Crippen MR) is 122 cm³/mol. The van der Waals surface area contributed by atoms with Crippen molar-refractivity contribution in [3.05, 3.63) is 29.3 Å². The first kappa shape index (κ1) is 26.5. The fourth-order valence-corrected chi connectivity index (χ4v) is 4.99. The second-order valence-electron chi connectivity index (χ2n) is 8.93. The standard InChI is InChI=1S/C21H29F3N6.H3NO2S/c1-13(14-8-10-25-11-9-14)26-17-5-2-15(3-6-17)18-7-4-16(21(22,23)24)12-19(18)20-27-29-30-28-20;1-4(2)3/h4,7,12-15,17,25-26H,2-3,5-6,8-11H2,1H3,(H,27,28,29,30);4H,(H2,1,2,3). The van der Waals surface area contributed by atoms with E-state index in [1.54, 1.807) is 6.07 Å². The van der Waals surface area contributed by atoms with Crippen LogP contribution in [0, 0.1) is 5.92 Å². The lowest BCUT2D eigenvalue weighted by atomic mass is 9.79. The summed E-state index contributed by atoms with van der Waals surface area (Å²) < 4.78 is 57.3. The molecule has 1 unspecified atom stereocenters.